The van der Waals surface area contributed by atoms with E-state index in [-0.39, 0.29) is 54.1 Å². The third-order valence-corrected chi connectivity index (χ3v) is 9.17. The molecule has 3 N–H and O–H groups in total. The first-order valence-electron chi connectivity index (χ1n) is 13.7. The molecule has 4 aliphatic rings. The molecule has 0 unspecified atom stereocenters. The van der Waals surface area contributed by atoms with Crippen molar-refractivity contribution in [2.45, 2.75) is 58.8 Å². The van der Waals surface area contributed by atoms with Gasteiger partial charge in [0.25, 0.3) is 0 Å². The van der Waals surface area contributed by atoms with Crippen molar-refractivity contribution in [3.63, 3.8) is 0 Å². The first-order valence-corrected chi connectivity index (χ1v) is 13.7. The standard InChI is InChI=1S/C31H33NO10/c1-15(33)41-20-11-30(2)19(9-10-21(30)34)23-25(20)31(3)22(14-40-4)42-29(39)18(24(31)27(36)26(23)35)13-32-12-16-5-7-17(8-6-16)28(37)38/h5-8,13,19-20,22,32,36H,9-12,14H2,1-4H3,(H,37,38)/b18-13-/t19-,20+,22+,30-,31-/m0/s1. The number of benzene rings is 1. The first-order chi connectivity index (χ1) is 19.8. The number of carboxylic acid groups (broad SMARTS) is 1. The highest BCUT2D eigenvalue weighted by atomic mass is 16.6. The highest BCUT2D eigenvalue weighted by molar-refractivity contribution is 6.14. The fourth-order valence-corrected chi connectivity index (χ4v) is 7.13. The highest BCUT2D eigenvalue weighted by Gasteiger charge is 2.64. The molecule has 0 spiro atoms. The molecule has 0 bridgehead atoms. The number of fused-ring (bicyclic) bond motifs is 4. The molecule has 1 aromatic rings. The molecule has 5 atom stereocenters. The van der Waals surface area contributed by atoms with Crippen LogP contribution < -0.4 is 5.32 Å². The smallest absolute Gasteiger partial charge is 0.340 e. The Morgan fingerprint density at radius 2 is 1.86 bits per heavy atom. The summed E-state index contributed by atoms with van der Waals surface area (Å²) >= 11 is 0. The van der Waals surface area contributed by atoms with Crippen LogP contribution in [0.15, 0.2) is 58.5 Å². The Labute approximate surface area is 242 Å². The zero-order valence-electron chi connectivity index (χ0n) is 23.8. The molecule has 222 valence electrons. The topological polar surface area (TPSA) is 166 Å². The van der Waals surface area contributed by atoms with E-state index in [2.05, 4.69) is 5.32 Å². The van der Waals surface area contributed by atoms with Crippen molar-refractivity contribution < 1.29 is 48.4 Å². The van der Waals surface area contributed by atoms with Gasteiger partial charge < -0.3 is 29.7 Å². The number of ether oxygens (including phenoxy) is 3. The van der Waals surface area contributed by atoms with Crippen LogP contribution in [-0.4, -0.2) is 65.6 Å². The number of aliphatic hydroxyl groups excluding tert-OH is 1. The summed E-state index contributed by atoms with van der Waals surface area (Å²) in [5.74, 6) is -4.31. The number of esters is 2. The molecule has 1 aromatic carbocycles. The number of methoxy groups -OCH3 is 1. The molecule has 1 saturated carbocycles. The van der Waals surface area contributed by atoms with Crippen LogP contribution >= 0.6 is 0 Å². The normalized spacial score (nSPS) is 31.4. The Kier molecular flexibility index (Phi) is 7.34. The quantitative estimate of drug-likeness (QED) is 0.321. The third-order valence-electron chi connectivity index (χ3n) is 9.17. The second kappa shape index (κ2) is 10.5. The molecule has 2 fully saturated rings. The summed E-state index contributed by atoms with van der Waals surface area (Å²) in [6.07, 6.45) is 0.215. The second-order valence-corrected chi connectivity index (χ2v) is 11.6. The summed E-state index contributed by atoms with van der Waals surface area (Å²) < 4.78 is 17.0. The molecule has 11 heteroatoms. The van der Waals surface area contributed by atoms with E-state index in [1.807, 2.05) is 0 Å². The maximum atomic E-state index is 14.0. The van der Waals surface area contributed by atoms with Crippen molar-refractivity contribution >= 4 is 29.5 Å². The van der Waals surface area contributed by atoms with Crippen molar-refractivity contribution in [2.75, 3.05) is 13.7 Å². The van der Waals surface area contributed by atoms with E-state index in [1.54, 1.807) is 26.0 Å². The Balaban J connectivity index is 1.62. The third kappa shape index (κ3) is 4.43. The van der Waals surface area contributed by atoms with E-state index < -0.39 is 58.4 Å². The molecule has 11 nitrogen and oxygen atoms in total. The molecule has 0 radical (unpaired) electrons. The van der Waals surface area contributed by atoms with E-state index in [1.165, 1.54) is 32.4 Å². The molecule has 3 aliphatic carbocycles. The van der Waals surface area contributed by atoms with E-state index in [9.17, 15) is 29.1 Å². The van der Waals surface area contributed by atoms with Crippen molar-refractivity contribution in [1.29, 1.82) is 0 Å². The van der Waals surface area contributed by atoms with Crippen LogP contribution in [0.2, 0.25) is 0 Å². The van der Waals surface area contributed by atoms with Crippen molar-refractivity contribution in [2.24, 2.45) is 16.7 Å². The number of aliphatic hydroxyl groups is 1. The van der Waals surface area contributed by atoms with Gasteiger partial charge in [-0.25, -0.2) is 9.59 Å². The van der Waals surface area contributed by atoms with E-state index in [0.29, 0.717) is 12.0 Å². The minimum absolute atomic E-state index is 0.0309. The Morgan fingerprint density at radius 3 is 2.48 bits per heavy atom. The lowest BCUT2D eigenvalue weighted by molar-refractivity contribution is -0.160. The largest absolute Gasteiger partial charge is 0.504 e. The average molecular weight is 580 g/mol. The van der Waals surface area contributed by atoms with Gasteiger partial charge in [-0.1, -0.05) is 19.1 Å². The number of nitrogens with one attached hydrogen (secondary N) is 1. The van der Waals surface area contributed by atoms with Crippen LogP contribution in [0, 0.1) is 16.7 Å². The van der Waals surface area contributed by atoms with E-state index in [0.717, 1.165) is 5.56 Å². The van der Waals surface area contributed by atoms with E-state index >= 15 is 0 Å². The number of Topliss-reactive ketones (excluding diaryl/α,β-unsaturated/α-hetero) is 2. The minimum atomic E-state index is -1.33. The highest BCUT2D eigenvalue weighted by Crippen LogP contribution is 2.62. The van der Waals surface area contributed by atoms with Gasteiger partial charge in [0, 0.05) is 62.1 Å². The van der Waals surface area contributed by atoms with E-state index in [4.69, 9.17) is 19.3 Å². The lowest BCUT2D eigenvalue weighted by Gasteiger charge is -2.53. The average Bonchev–Trinajstić information content (AvgIpc) is 3.22. The van der Waals surface area contributed by atoms with Gasteiger partial charge in [-0.15, -0.1) is 0 Å². The van der Waals surface area contributed by atoms with Crippen LogP contribution in [0.3, 0.4) is 0 Å². The summed E-state index contributed by atoms with van der Waals surface area (Å²) in [5, 5.41) is 23.6. The molecule has 42 heavy (non-hydrogen) atoms. The fraction of sp³-hybridized carbons (Fsp3) is 0.452. The zero-order chi connectivity index (χ0) is 30.6. The van der Waals surface area contributed by atoms with Crippen molar-refractivity contribution in [3.05, 3.63) is 69.6 Å². The summed E-state index contributed by atoms with van der Waals surface area (Å²) in [7, 11) is 1.43. The summed E-state index contributed by atoms with van der Waals surface area (Å²) in [4.78, 5) is 63.8. The maximum Gasteiger partial charge on any atom is 0.340 e. The SMILES string of the molecule is COC[C@H]1OC(=O)/C(=C\NCc2ccc(C(=O)O)cc2)C2=C(O)C(=O)C3=C([C@H](OC(C)=O)C[C@]4(C)C(=O)CC[C@@H]34)[C@]21C. The lowest BCUT2D eigenvalue weighted by Crippen LogP contribution is -2.57. The maximum absolute atomic E-state index is 14.0. The number of allylic oxidation sites excluding steroid dienone is 1. The fourth-order valence-electron chi connectivity index (χ4n) is 7.13. The van der Waals surface area contributed by atoms with Crippen LogP contribution in [-0.2, 0) is 39.9 Å². The molecule has 1 aliphatic heterocycles. The molecule has 1 saturated heterocycles. The second-order valence-electron chi connectivity index (χ2n) is 11.6. The Morgan fingerprint density at radius 1 is 1.17 bits per heavy atom. The Bertz CT molecular complexity index is 1490. The molecule has 0 amide bonds. The molecule has 0 aromatic heterocycles. The lowest BCUT2D eigenvalue weighted by atomic mass is 9.53. The zero-order valence-corrected chi connectivity index (χ0v) is 23.8. The summed E-state index contributed by atoms with van der Waals surface area (Å²) in [6, 6.07) is 6.15. The van der Waals surface area contributed by atoms with Gasteiger partial charge in [0.1, 0.15) is 18.0 Å². The number of carbonyl (C=O) groups excluding carboxylic acids is 4. The van der Waals surface area contributed by atoms with Crippen LogP contribution in [0.5, 0.6) is 0 Å². The monoisotopic (exact) mass is 579 g/mol. The van der Waals surface area contributed by atoms with Gasteiger partial charge in [-0.05, 0) is 36.6 Å². The van der Waals surface area contributed by atoms with Gasteiger partial charge in [-0.3, -0.25) is 14.4 Å². The van der Waals surface area contributed by atoms with Crippen molar-refractivity contribution in [3.8, 4) is 0 Å². The summed E-state index contributed by atoms with van der Waals surface area (Å²) in [5.41, 5.74) is -0.849. The number of hydrogen-bond acceptors (Lipinski definition) is 10. The van der Waals surface area contributed by atoms with Gasteiger partial charge in [0.2, 0.25) is 5.78 Å². The number of rotatable bonds is 7. The number of cyclic esters (lactones) is 1. The van der Waals surface area contributed by atoms with Gasteiger partial charge in [0.15, 0.2) is 5.76 Å². The number of hydrogen-bond donors (Lipinski definition) is 3. The van der Waals surface area contributed by atoms with Crippen molar-refractivity contribution in [1.82, 2.24) is 5.32 Å². The number of ketones is 2. The Hall–Kier alpha value is -4.25. The first kappa shape index (κ1) is 29.2. The van der Waals surface area contributed by atoms with Gasteiger partial charge >= 0.3 is 17.9 Å². The predicted octanol–water partition coefficient (Wildman–Crippen LogP) is 2.95. The van der Waals surface area contributed by atoms with Crippen LogP contribution in [0.4, 0.5) is 0 Å². The number of carboxylic acids is 1. The number of carbonyl (C=O) groups is 5. The molecule has 5 rings (SSSR count). The summed E-state index contributed by atoms with van der Waals surface area (Å²) in [6.45, 7) is 4.87. The van der Waals surface area contributed by atoms with Gasteiger partial charge in [0.05, 0.1) is 23.2 Å². The number of aromatic carboxylic acids is 1. The predicted molar refractivity (Wildman–Crippen MR) is 146 cm³/mol. The molecular weight excluding hydrogens is 546 g/mol. The van der Waals surface area contributed by atoms with Crippen LogP contribution in [0.1, 0.15) is 56.0 Å². The minimum Gasteiger partial charge on any atom is -0.504 e. The van der Waals surface area contributed by atoms with Gasteiger partial charge in [-0.2, -0.15) is 0 Å². The van der Waals surface area contributed by atoms with Crippen LogP contribution in [0.25, 0.3) is 0 Å². The molecular formula is C31H33NO10. The molecule has 1 heterocycles.